The average molecular weight is 344 g/mol. The Bertz CT molecular complexity index is 960. The van der Waals surface area contributed by atoms with E-state index in [1.807, 2.05) is 36.4 Å². The Kier molecular flexibility index (Phi) is 4.25. The van der Waals surface area contributed by atoms with Gasteiger partial charge in [-0.1, -0.05) is 61.5 Å². The van der Waals surface area contributed by atoms with E-state index in [2.05, 4.69) is 42.6 Å². The molecule has 3 heteroatoms. The first-order chi connectivity index (χ1) is 12.6. The van der Waals surface area contributed by atoms with Gasteiger partial charge in [0.2, 0.25) is 5.91 Å². The van der Waals surface area contributed by atoms with E-state index in [0.29, 0.717) is 12.3 Å². The summed E-state index contributed by atoms with van der Waals surface area (Å²) >= 11 is 0. The standard InChI is InChI=1S/C23H24N2O/c1-2-23(24)15-21(23)18-10-6-11-19(13-18)25-22(26)14-17-9-5-8-16-7-3-4-12-20(16)17/h3-13,21H,2,14-15,24H2,1H3,(H,25,26)/t21-,23-/m0/s1. The van der Waals surface area contributed by atoms with E-state index in [1.54, 1.807) is 0 Å². The van der Waals surface area contributed by atoms with Crippen LogP contribution in [0.1, 0.15) is 36.8 Å². The third-order valence-electron chi connectivity index (χ3n) is 5.58. The summed E-state index contributed by atoms with van der Waals surface area (Å²) in [7, 11) is 0. The number of nitrogens with two attached hydrogens (primary N) is 1. The number of carbonyl (C=O) groups excluding carboxylic acids is 1. The monoisotopic (exact) mass is 344 g/mol. The molecular formula is C23H24N2O. The molecule has 1 aliphatic rings. The zero-order chi connectivity index (χ0) is 18.1. The highest BCUT2D eigenvalue weighted by Crippen LogP contribution is 2.51. The smallest absolute Gasteiger partial charge is 0.228 e. The number of hydrogen-bond acceptors (Lipinski definition) is 2. The molecule has 132 valence electrons. The van der Waals surface area contributed by atoms with Crippen LogP contribution in [0.25, 0.3) is 10.8 Å². The lowest BCUT2D eigenvalue weighted by molar-refractivity contribution is -0.115. The zero-order valence-corrected chi connectivity index (χ0v) is 15.0. The van der Waals surface area contributed by atoms with E-state index in [1.165, 1.54) is 5.56 Å². The number of carbonyl (C=O) groups is 1. The van der Waals surface area contributed by atoms with Crippen LogP contribution in [-0.4, -0.2) is 11.4 Å². The topological polar surface area (TPSA) is 55.1 Å². The van der Waals surface area contributed by atoms with Crippen LogP contribution in [0.5, 0.6) is 0 Å². The maximum atomic E-state index is 12.6. The van der Waals surface area contributed by atoms with Gasteiger partial charge in [-0.3, -0.25) is 4.79 Å². The first-order valence-electron chi connectivity index (χ1n) is 9.24. The molecule has 26 heavy (non-hydrogen) atoms. The van der Waals surface area contributed by atoms with Gasteiger partial charge in [0.1, 0.15) is 0 Å². The fraction of sp³-hybridized carbons (Fsp3) is 0.261. The highest BCUT2D eigenvalue weighted by atomic mass is 16.1. The number of nitrogens with one attached hydrogen (secondary N) is 1. The second-order valence-electron chi connectivity index (χ2n) is 7.33. The molecule has 1 amide bonds. The summed E-state index contributed by atoms with van der Waals surface area (Å²) in [6, 6.07) is 22.4. The summed E-state index contributed by atoms with van der Waals surface area (Å²) in [6.07, 6.45) is 2.37. The average Bonchev–Trinajstić information content (AvgIpc) is 3.35. The molecule has 0 aliphatic heterocycles. The highest BCUT2D eigenvalue weighted by molar-refractivity contribution is 5.96. The van der Waals surface area contributed by atoms with Crippen molar-refractivity contribution in [2.45, 2.75) is 37.6 Å². The van der Waals surface area contributed by atoms with Gasteiger partial charge in [-0.25, -0.2) is 0 Å². The molecule has 0 saturated heterocycles. The van der Waals surface area contributed by atoms with E-state index < -0.39 is 0 Å². The summed E-state index contributed by atoms with van der Waals surface area (Å²) in [6.45, 7) is 2.13. The predicted octanol–water partition coefficient (Wildman–Crippen LogP) is 4.62. The van der Waals surface area contributed by atoms with Crippen LogP contribution in [-0.2, 0) is 11.2 Å². The van der Waals surface area contributed by atoms with Gasteiger partial charge < -0.3 is 11.1 Å². The van der Waals surface area contributed by atoms with Crippen molar-refractivity contribution < 1.29 is 4.79 Å². The van der Waals surface area contributed by atoms with Gasteiger partial charge in [0, 0.05) is 17.1 Å². The van der Waals surface area contributed by atoms with Crippen LogP contribution < -0.4 is 11.1 Å². The third kappa shape index (κ3) is 3.23. The molecule has 0 aromatic heterocycles. The molecule has 1 saturated carbocycles. The van der Waals surface area contributed by atoms with E-state index in [-0.39, 0.29) is 11.4 Å². The minimum Gasteiger partial charge on any atom is -0.326 e. The van der Waals surface area contributed by atoms with Crippen molar-refractivity contribution >= 4 is 22.4 Å². The molecule has 2 atom stereocenters. The van der Waals surface area contributed by atoms with Crippen LogP contribution in [0, 0.1) is 0 Å². The molecule has 3 aromatic rings. The molecular weight excluding hydrogens is 320 g/mol. The number of benzene rings is 3. The lowest BCUT2D eigenvalue weighted by Crippen LogP contribution is -2.22. The quantitative estimate of drug-likeness (QED) is 0.710. The third-order valence-corrected chi connectivity index (χ3v) is 5.58. The molecule has 1 fully saturated rings. The van der Waals surface area contributed by atoms with Crippen molar-refractivity contribution in [1.29, 1.82) is 0 Å². The molecule has 3 N–H and O–H groups in total. The summed E-state index contributed by atoms with van der Waals surface area (Å²) in [5, 5.41) is 5.34. The largest absolute Gasteiger partial charge is 0.326 e. The summed E-state index contributed by atoms with van der Waals surface area (Å²) < 4.78 is 0. The predicted molar refractivity (Wildman–Crippen MR) is 107 cm³/mol. The first-order valence-corrected chi connectivity index (χ1v) is 9.24. The molecule has 0 heterocycles. The normalized spacial score (nSPS) is 21.5. The van der Waals surface area contributed by atoms with Gasteiger partial charge in [-0.05, 0) is 46.9 Å². The molecule has 0 radical (unpaired) electrons. The number of hydrogen-bond donors (Lipinski definition) is 2. The van der Waals surface area contributed by atoms with Crippen molar-refractivity contribution in [1.82, 2.24) is 0 Å². The maximum absolute atomic E-state index is 12.6. The van der Waals surface area contributed by atoms with Crippen molar-refractivity contribution in [3.63, 3.8) is 0 Å². The summed E-state index contributed by atoms with van der Waals surface area (Å²) in [5.74, 6) is 0.409. The number of rotatable bonds is 5. The Morgan fingerprint density at radius 3 is 2.69 bits per heavy atom. The van der Waals surface area contributed by atoms with Gasteiger partial charge in [0.25, 0.3) is 0 Å². The van der Waals surface area contributed by atoms with Crippen LogP contribution in [0.2, 0.25) is 0 Å². The second kappa shape index (κ2) is 6.58. The number of fused-ring (bicyclic) bond motifs is 1. The van der Waals surface area contributed by atoms with Crippen molar-refractivity contribution in [3.8, 4) is 0 Å². The van der Waals surface area contributed by atoms with Gasteiger partial charge >= 0.3 is 0 Å². The Morgan fingerprint density at radius 2 is 1.88 bits per heavy atom. The summed E-state index contributed by atoms with van der Waals surface area (Å²) in [5.41, 5.74) is 9.39. The molecule has 3 aromatic carbocycles. The van der Waals surface area contributed by atoms with E-state index in [4.69, 9.17) is 5.73 Å². The SMILES string of the molecule is CC[C@]1(N)C[C@H]1c1cccc(NC(=O)Cc2cccc3ccccc23)c1. The molecule has 1 aliphatic carbocycles. The van der Waals surface area contributed by atoms with Gasteiger partial charge in [0.15, 0.2) is 0 Å². The fourth-order valence-electron chi connectivity index (χ4n) is 3.82. The Balaban J connectivity index is 1.49. The van der Waals surface area contributed by atoms with Crippen molar-refractivity contribution in [2.24, 2.45) is 5.73 Å². The minimum atomic E-state index is -0.0639. The van der Waals surface area contributed by atoms with Crippen LogP contribution in [0.15, 0.2) is 66.7 Å². The molecule has 0 spiro atoms. The summed E-state index contributed by atoms with van der Waals surface area (Å²) in [4.78, 5) is 12.6. The van der Waals surface area contributed by atoms with E-state index >= 15 is 0 Å². The number of anilines is 1. The zero-order valence-electron chi connectivity index (χ0n) is 15.0. The lowest BCUT2D eigenvalue weighted by atomic mass is 10.0. The van der Waals surface area contributed by atoms with Gasteiger partial charge in [0.05, 0.1) is 6.42 Å². The minimum absolute atomic E-state index is 0.00352. The number of amides is 1. The van der Waals surface area contributed by atoms with Crippen LogP contribution in [0.4, 0.5) is 5.69 Å². The Hall–Kier alpha value is -2.65. The molecule has 0 bridgehead atoms. The van der Waals surface area contributed by atoms with Gasteiger partial charge in [-0.15, -0.1) is 0 Å². The van der Waals surface area contributed by atoms with E-state index in [0.717, 1.165) is 34.9 Å². The van der Waals surface area contributed by atoms with Crippen molar-refractivity contribution in [3.05, 3.63) is 77.9 Å². The maximum Gasteiger partial charge on any atom is 0.228 e. The van der Waals surface area contributed by atoms with Crippen LogP contribution in [0.3, 0.4) is 0 Å². The fourth-order valence-corrected chi connectivity index (χ4v) is 3.82. The van der Waals surface area contributed by atoms with Crippen molar-refractivity contribution in [2.75, 3.05) is 5.32 Å². The first kappa shape index (κ1) is 16.8. The van der Waals surface area contributed by atoms with Crippen LogP contribution >= 0.6 is 0 Å². The molecule has 3 nitrogen and oxygen atoms in total. The molecule has 4 rings (SSSR count). The Morgan fingerprint density at radius 1 is 1.12 bits per heavy atom. The van der Waals surface area contributed by atoms with Gasteiger partial charge in [-0.2, -0.15) is 0 Å². The lowest BCUT2D eigenvalue weighted by Gasteiger charge is -2.11. The highest BCUT2D eigenvalue weighted by Gasteiger charge is 2.49. The van der Waals surface area contributed by atoms with E-state index in [9.17, 15) is 4.79 Å². The Labute approximate surface area is 154 Å². The molecule has 0 unspecified atom stereocenters. The second-order valence-corrected chi connectivity index (χ2v) is 7.33.